The summed E-state index contributed by atoms with van der Waals surface area (Å²) < 4.78 is 0. The number of piperazine rings is 1. The molecule has 1 aromatic carbocycles. The summed E-state index contributed by atoms with van der Waals surface area (Å²) in [5.74, 6) is 0.0195. The number of carbonyl (C=O) groups is 2. The van der Waals surface area contributed by atoms with Crippen molar-refractivity contribution in [1.29, 1.82) is 5.26 Å². The van der Waals surface area contributed by atoms with Gasteiger partial charge in [-0.1, -0.05) is 18.2 Å². The van der Waals surface area contributed by atoms with Crippen molar-refractivity contribution in [3.05, 3.63) is 59.9 Å². The fraction of sp³-hybridized carbons (Fsp3) is 0.364. The molecule has 4 rings (SSSR count). The first-order chi connectivity index (χ1) is 14.2. The van der Waals surface area contributed by atoms with Crippen LogP contribution in [0.5, 0.6) is 0 Å². The topological polar surface area (TPSA) is 80.5 Å². The first kappa shape index (κ1) is 19.1. The van der Waals surface area contributed by atoms with E-state index in [0.29, 0.717) is 37.4 Å². The van der Waals surface area contributed by atoms with Gasteiger partial charge in [-0.25, -0.2) is 4.98 Å². The molecule has 148 valence electrons. The van der Waals surface area contributed by atoms with E-state index in [2.05, 4.69) is 9.88 Å². The first-order valence-electron chi connectivity index (χ1n) is 9.93. The van der Waals surface area contributed by atoms with Crippen LogP contribution in [0.15, 0.2) is 48.7 Å². The summed E-state index contributed by atoms with van der Waals surface area (Å²) in [4.78, 5) is 35.7. The van der Waals surface area contributed by atoms with Crippen molar-refractivity contribution >= 4 is 17.5 Å². The predicted octanol–water partition coefficient (Wildman–Crippen LogP) is 1.91. The zero-order valence-electron chi connectivity index (χ0n) is 16.2. The Morgan fingerprint density at radius 3 is 2.45 bits per heavy atom. The molecule has 0 saturated carbocycles. The number of rotatable bonds is 3. The molecule has 0 bridgehead atoms. The van der Waals surface area contributed by atoms with Crippen molar-refractivity contribution < 1.29 is 9.59 Å². The molecule has 1 atom stereocenters. The molecule has 2 aromatic rings. The zero-order chi connectivity index (χ0) is 20.2. The minimum atomic E-state index is -0.130. The third kappa shape index (κ3) is 3.98. The largest absolute Gasteiger partial charge is 0.335 e. The van der Waals surface area contributed by atoms with Crippen molar-refractivity contribution in [3.8, 4) is 6.07 Å². The number of hydrogen-bond acceptors (Lipinski definition) is 5. The van der Waals surface area contributed by atoms with Crippen LogP contribution in [-0.4, -0.2) is 65.4 Å². The fourth-order valence-corrected chi connectivity index (χ4v) is 4.04. The zero-order valence-corrected chi connectivity index (χ0v) is 16.2. The smallest absolute Gasteiger partial charge is 0.272 e. The van der Waals surface area contributed by atoms with E-state index in [1.165, 1.54) is 6.20 Å². The molecule has 7 nitrogen and oxygen atoms in total. The minimum Gasteiger partial charge on any atom is -0.335 e. The Kier molecular flexibility index (Phi) is 5.54. The van der Waals surface area contributed by atoms with E-state index < -0.39 is 0 Å². The standard InChI is InChI=1S/C22H23N5O2/c23-15-17-8-9-19(24-16-17)21(28)26-13-11-25(12-14-26)20-7-4-10-27(22(20)29)18-5-2-1-3-6-18/h1-3,5-6,8-9,16,20H,4,7,10-14H2/t20-/m0/s1. The lowest BCUT2D eigenvalue weighted by molar-refractivity contribution is -0.126. The second-order valence-electron chi connectivity index (χ2n) is 7.36. The number of para-hydroxylation sites is 1. The predicted molar refractivity (Wildman–Crippen MR) is 108 cm³/mol. The minimum absolute atomic E-state index is 0.130. The van der Waals surface area contributed by atoms with Crippen LogP contribution in [-0.2, 0) is 4.79 Å². The van der Waals surface area contributed by atoms with Crippen LogP contribution in [0.4, 0.5) is 5.69 Å². The average molecular weight is 389 g/mol. The number of amides is 2. The van der Waals surface area contributed by atoms with Gasteiger partial charge in [0.15, 0.2) is 0 Å². The van der Waals surface area contributed by atoms with Crippen molar-refractivity contribution in [2.75, 3.05) is 37.6 Å². The van der Waals surface area contributed by atoms with E-state index in [4.69, 9.17) is 5.26 Å². The summed E-state index contributed by atoms with van der Waals surface area (Å²) in [7, 11) is 0. The van der Waals surface area contributed by atoms with Gasteiger partial charge in [0.25, 0.3) is 5.91 Å². The van der Waals surface area contributed by atoms with E-state index in [1.807, 2.05) is 41.3 Å². The van der Waals surface area contributed by atoms with Crippen molar-refractivity contribution in [1.82, 2.24) is 14.8 Å². The highest BCUT2D eigenvalue weighted by Gasteiger charge is 2.36. The summed E-state index contributed by atoms with van der Waals surface area (Å²) in [6.45, 7) is 3.22. The quantitative estimate of drug-likeness (QED) is 0.801. The monoisotopic (exact) mass is 389 g/mol. The molecule has 0 spiro atoms. The average Bonchev–Trinajstić information content (AvgIpc) is 2.79. The number of benzene rings is 1. The number of nitriles is 1. The fourth-order valence-electron chi connectivity index (χ4n) is 4.04. The van der Waals surface area contributed by atoms with Crippen LogP contribution >= 0.6 is 0 Å². The van der Waals surface area contributed by atoms with Gasteiger partial charge in [-0.3, -0.25) is 14.5 Å². The van der Waals surface area contributed by atoms with Gasteiger partial charge in [0.1, 0.15) is 11.8 Å². The van der Waals surface area contributed by atoms with Gasteiger partial charge >= 0.3 is 0 Å². The molecule has 2 saturated heterocycles. The van der Waals surface area contributed by atoms with Crippen LogP contribution in [0, 0.1) is 11.3 Å². The third-order valence-electron chi connectivity index (χ3n) is 5.63. The molecule has 3 heterocycles. The number of nitrogens with zero attached hydrogens (tertiary/aromatic N) is 5. The number of aromatic nitrogens is 1. The maximum absolute atomic E-state index is 13.1. The van der Waals surface area contributed by atoms with E-state index in [0.717, 1.165) is 25.1 Å². The molecule has 0 N–H and O–H groups in total. The van der Waals surface area contributed by atoms with Crippen LogP contribution in [0.25, 0.3) is 0 Å². The molecular weight excluding hydrogens is 366 g/mol. The normalized spacial score (nSPS) is 20.4. The summed E-state index contributed by atoms with van der Waals surface area (Å²) in [5.41, 5.74) is 1.73. The number of carbonyl (C=O) groups excluding carboxylic acids is 2. The Morgan fingerprint density at radius 1 is 1.03 bits per heavy atom. The molecule has 0 unspecified atom stereocenters. The molecule has 29 heavy (non-hydrogen) atoms. The molecule has 2 amide bonds. The summed E-state index contributed by atoms with van der Waals surface area (Å²) in [6, 6.07) is 14.9. The van der Waals surface area contributed by atoms with Gasteiger partial charge in [0, 0.05) is 44.6 Å². The van der Waals surface area contributed by atoms with E-state index in [1.54, 1.807) is 17.0 Å². The summed E-state index contributed by atoms with van der Waals surface area (Å²) in [5, 5.41) is 8.86. The van der Waals surface area contributed by atoms with Crippen LogP contribution < -0.4 is 4.90 Å². The highest BCUT2D eigenvalue weighted by molar-refractivity contribution is 5.98. The molecule has 2 fully saturated rings. The SMILES string of the molecule is N#Cc1ccc(C(=O)N2CCN([C@H]3CCCN(c4ccccc4)C3=O)CC2)nc1. The van der Waals surface area contributed by atoms with Gasteiger partial charge in [0.05, 0.1) is 11.6 Å². The molecule has 2 aliphatic rings. The first-order valence-corrected chi connectivity index (χ1v) is 9.93. The third-order valence-corrected chi connectivity index (χ3v) is 5.63. The van der Waals surface area contributed by atoms with E-state index in [-0.39, 0.29) is 17.9 Å². The summed E-state index contributed by atoms with van der Waals surface area (Å²) in [6.07, 6.45) is 3.25. The maximum Gasteiger partial charge on any atom is 0.272 e. The van der Waals surface area contributed by atoms with Crippen LogP contribution in [0.3, 0.4) is 0 Å². The summed E-state index contributed by atoms with van der Waals surface area (Å²) >= 11 is 0. The van der Waals surface area contributed by atoms with Crippen molar-refractivity contribution in [2.24, 2.45) is 0 Å². The Bertz CT molecular complexity index is 914. The molecule has 0 aliphatic carbocycles. The van der Waals surface area contributed by atoms with Gasteiger partial charge in [-0.15, -0.1) is 0 Å². The Hall–Kier alpha value is -3.24. The second-order valence-corrected chi connectivity index (χ2v) is 7.36. The van der Waals surface area contributed by atoms with Gasteiger partial charge in [0.2, 0.25) is 5.91 Å². The Morgan fingerprint density at radius 2 is 1.79 bits per heavy atom. The van der Waals surface area contributed by atoms with E-state index in [9.17, 15) is 9.59 Å². The molecule has 1 aromatic heterocycles. The van der Waals surface area contributed by atoms with Gasteiger partial charge < -0.3 is 9.80 Å². The highest BCUT2D eigenvalue weighted by atomic mass is 16.2. The maximum atomic E-state index is 13.1. The van der Waals surface area contributed by atoms with Crippen molar-refractivity contribution in [3.63, 3.8) is 0 Å². The Balaban J connectivity index is 1.38. The molecule has 2 aliphatic heterocycles. The number of anilines is 1. The Labute approximate surface area is 170 Å². The lowest BCUT2D eigenvalue weighted by atomic mass is 10.0. The van der Waals surface area contributed by atoms with Gasteiger partial charge in [-0.2, -0.15) is 5.26 Å². The molecule has 7 heteroatoms. The lowest BCUT2D eigenvalue weighted by Crippen LogP contribution is -2.58. The highest BCUT2D eigenvalue weighted by Crippen LogP contribution is 2.24. The van der Waals surface area contributed by atoms with Crippen LogP contribution in [0.1, 0.15) is 28.9 Å². The second kappa shape index (κ2) is 8.41. The van der Waals surface area contributed by atoms with E-state index >= 15 is 0 Å². The number of piperidine rings is 1. The number of hydrogen-bond donors (Lipinski definition) is 0. The van der Waals surface area contributed by atoms with Crippen molar-refractivity contribution in [2.45, 2.75) is 18.9 Å². The molecular formula is C22H23N5O2. The van der Waals surface area contributed by atoms with Gasteiger partial charge in [-0.05, 0) is 37.1 Å². The lowest BCUT2D eigenvalue weighted by Gasteiger charge is -2.42. The van der Waals surface area contributed by atoms with Crippen LogP contribution in [0.2, 0.25) is 0 Å². The number of pyridine rings is 1. The molecule has 0 radical (unpaired) electrons.